The Kier molecular flexibility index (Phi) is 5.48. The molecule has 1 aromatic heterocycles. The first-order chi connectivity index (χ1) is 12.3. The molecule has 26 heavy (non-hydrogen) atoms. The van der Waals surface area contributed by atoms with E-state index >= 15 is 0 Å². The predicted molar refractivity (Wildman–Crippen MR) is 88.6 cm³/mol. The summed E-state index contributed by atoms with van der Waals surface area (Å²) in [5.74, 6) is -1.11. The van der Waals surface area contributed by atoms with E-state index in [1.54, 1.807) is 17.7 Å². The third-order valence-corrected chi connectivity index (χ3v) is 4.39. The summed E-state index contributed by atoms with van der Waals surface area (Å²) in [6.45, 7) is 1.58. The van der Waals surface area contributed by atoms with E-state index < -0.39 is 26.9 Å². The molecular weight excluding hydrogens is 362 g/mol. The standard InChI is InChI=1S/C15H13N5O5S/c1-9-7-10(8-16)18-14(17-9)19-15(22)20-26(23,24)12-6-4-3-5-11(12)13(21)25-2/h3-7H,1-2H3,(H2,17,18,19,20,22). The van der Waals surface area contributed by atoms with E-state index in [1.165, 1.54) is 24.3 Å². The van der Waals surface area contributed by atoms with Gasteiger partial charge in [-0.2, -0.15) is 5.26 Å². The van der Waals surface area contributed by atoms with Crippen LogP contribution in [0, 0.1) is 18.3 Å². The monoisotopic (exact) mass is 375 g/mol. The Labute approximate surface area is 148 Å². The van der Waals surface area contributed by atoms with E-state index in [-0.39, 0.29) is 17.2 Å². The number of aromatic nitrogens is 2. The molecule has 0 atom stereocenters. The Balaban J connectivity index is 2.25. The summed E-state index contributed by atoms with van der Waals surface area (Å²) in [5.41, 5.74) is 0.186. The third-order valence-electron chi connectivity index (χ3n) is 3.00. The minimum absolute atomic E-state index is 0.00620. The number of benzene rings is 1. The van der Waals surface area contributed by atoms with Crippen molar-refractivity contribution in [1.29, 1.82) is 5.26 Å². The summed E-state index contributed by atoms with van der Waals surface area (Å²) in [6, 6.07) is 7.28. The number of urea groups is 1. The molecule has 0 saturated heterocycles. The third kappa shape index (κ3) is 4.31. The van der Waals surface area contributed by atoms with Crippen LogP contribution in [0.1, 0.15) is 21.7 Å². The van der Waals surface area contributed by atoms with E-state index in [0.717, 1.165) is 13.2 Å². The van der Waals surface area contributed by atoms with Crippen molar-refractivity contribution in [3.05, 3.63) is 47.3 Å². The van der Waals surface area contributed by atoms with Crippen LogP contribution < -0.4 is 10.0 Å². The van der Waals surface area contributed by atoms with Crippen molar-refractivity contribution in [2.45, 2.75) is 11.8 Å². The van der Waals surface area contributed by atoms with E-state index in [4.69, 9.17) is 5.26 Å². The number of carbonyl (C=O) groups is 2. The first-order valence-electron chi connectivity index (χ1n) is 7.03. The number of nitrogens with zero attached hydrogens (tertiary/aromatic N) is 3. The van der Waals surface area contributed by atoms with E-state index in [2.05, 4.69) is 20.0 Å². The highest BCUT2D eigenvalue weighted by molar-refractivity contribution is 7.90. The average molecular weight is 375 g/mol. The van der Waals surface area contributed by atoms with Crippen LogP contribution in [0.2, 0.25) is 0 Å². The van der Waals surface area contributed by atoms with Gasteiger partial charge in [0.05, 0.1) is 12.7 Å². The fraction of sp³-hybridized carbons (Fsp3) is 0.133. The largest absolute Gasteiger partial charge is 0.465 e. The second-order valence-corrected chi connectivity index (χ2v) is 6.53. The number of sulfonamides is 1. The summed E-state index contributed by atoms with van der Waals surface area (Å²) < 4.78 is 31.1. The Morgan fingerprint density at radius 1 is 1.23 bits per heavy atom. The maximum atomic E-state index is 12.4. The van der Waals surface area contributed by atoms with Gasteiger partial charge < -0.3 is 4.74 Å². The fourth-order valence-electron chi connectivity index (χ4n) is 1.97. The van der Waals surface area contributed by atoms with Crippen molar-refractivity contribution < 1.29 is 22.7 Å². The average Bonchev–Trinajstić information content (AvgIpc) is 2.59. The molecule has 2 amide bonds. The number of esters is 1. The van der Waals surface area contributed by atoms with Gasteiger partial charge in [-0.3, -0.25) is 5.32 Å². The maximum absolute atomic E-state index is 12.4. The van der Waals surface area contributed by atoms with Crippen LogP contribution in [-0.4, -0.2) is 37.5 Å². The molecule has 2 rings (SSSR count). The molecule has 0 unspecified atom stereocenters. The Morgan fingerprint density at radius 3 is 2.58 bits per heavy atom. The zero-order valence-corrected chi connectivity index (χ0v) is 14.5. The lowest BCUT2D eigenvalue weighted by Crippen LogP contribution is -2.35. The van der Waals surface area contributed by atoms with Crippen molar-refractivity contribution >= 4 is 28.0 Å². The number of carbonyl (C=O) groups excluding carboxylic acids is 2. The molecule has 0 saturated carbocycles. The lowest BCUT2D eigenvalue weighted by atomic mass is 10.2. The van der Waals surface area contributed by atoms with Gasteiger partial charge in [0, 0.05) is 5.69 Å². The molecule has 0 aliphatic carbocycles. The highest BCUT2D eigenvalue weighted by atomic mass is 32.2. The van der Waals surface area contributed by atoms with Crippen molar-refractivity contribution in [2.24, 2.45) is 0 Å². The van der Waals surface area contributed by atoms with Gasteiger partial charge in [-0.15, -0.1) is 0 Å². The number of ether oxygens (including phenoxy) is 1. The van der Waals surface area contributed by atoms with Gasteiger partial charge >= 0.3 is 12.0 Å². The quantitative estimate of drug-likeness (QED) is 0.750. The van der Waals surface area contributed by atoms with Gasteiger partial charge in [0.1, 0.15) is 16.7 Å². The fourth-order valence-corrected chi connectivity index (χ4v) is 3.07. The number of aryl methyl sites for hydroxylation is 1. The zero-order chi connectivity index (χ0) is 19.3. The molecule has 0 aliphatic rings. The van der Waals surface area contributed by atoms with Crippen LogP contribution in [0.4, 0.5) is 10.7 Å². The van der Waals surface area contributed by atoms with Crippen molar-refractivity contribution in [3.63, 3.8) is 0 Å². The summed E-state index contributed by atoms with van der Waals surface area (Å²) in [4.78, 5) is 30.9. The molecule has 11 heteroatoms. The van der Waals surface area contributed by atoms with E-state index in [9.17, 15) is 18.0 Å². The number of hydrogen-bond acceptors (Lipinski definition) is 8. The number of amides is 2. The Bertz CT molecular complexity index is 1010. The number of nitrogens with one attached hydrogen (secondary N) is 2. The second-order valence-electron chi connectivity index (χ2n) is 4.88. The molecule has 0 bridgehead atoms. The molecule has 2 aromatic rings. The van der Waals surface area contributed by atoms with Crippen molar-refractivity contribution in [1.82, 2.24) is 14.7 Å². The number of methoxy groups -OCH3 is 1. The number of hydrogen-bond donors (Lipinski definition) is 2. The van der Waals surface area contributed by atoms with Crippen LogP contribution in [0.5, 0.6) is 0 Å². The molecule has 2 N–H and O–H groups in total. The van der Waals surface area contributed by atoms with Crippen LogP contribution >= 0.6 is 0 Å². The van der Waals surface area contributed by atoms with Crippen LogP contribution in [0.3, 0.4) is 0 Å². The molecule has 1 aromatic carbocycles. The number of rotatable bonds is 4. The first kappa shape index (κ1) is 18.8. The number of anilines is 1. The van der Waals surface area contributed by atoms with Gasteiger partial charge in [0.25, 0.3) is 10.0 Å². The summed E-state index contributed by atoms with van der Waals surface area (Å²) in [6.07, 6.45) is 0. The van der Waals surface area contributed by atoms with E-state index in [0.29, 0.717) is 5.69 Å². The molecule has 0 aliphatic heterocycles. The van der Waals surface area contributed by atoms with Gasteiger partial charge in [0.15, 0.2) is 0 Å². The summed E-state index contributed by atoms with van der Waals surface area (Å²) in [7, 11) is -3.27. The smallest absolute Gasteiger partial charge is 0.339 e. The number of nitriles is 1. The van der Waals surface area contributed by atoms with Crippen LogP contribution in [0.25, 0.3) is 0 Å². The van der Waals surface area contributed by atoms with Crippen molar-refractivity contribution in [2.75, 3.05) is 12.4 Å². The first-order valence-corrected chi connectivity index (χ1v) is 8.52. The van der Waals surface area contributed by atoms with Crippen molar-refractivity contribution in [3.8, 4) is 6.07 Å². The minimum atomic E-state index is -4.37. The summed E-state index contributed by atoms with van der Waals surface area (Å²) >= 11 is 0. The molecule has 10 nitrogen and oxygen atoms in total. The molecule has 0 spiro atoms. The summed E-state index contributed by atoms with van der Waals surface area (Å²) in [5, 5.41) is 11.0. The molecule has 134 valence electrons. The van der Waals surface area contributed by atoms with Gasteiger partial charge in [-0.1, -0.05) is 12.1 Å². The highest BCUT2D eigenvalue weighted by Crippen LogP contribution is 2.16. The van der Waals surface area contributed by atoms with Crippen LogP contribution in [-0.2, 0) is 14.8 Å². The van der Waals surface area contributed by atoms with Crippen LogP contribution in [0.15, 0.2) is 35.2 Å². The Morgan fingerprint density at radius 2 is 1.92 bits per heavy atom. The maximum Gasteiger partial charge on any atom is 0.339 e. The molecular formula is C15H13N5O5S. The highest BCUT2D eigenvalue weighted by Gasteiger charge is 2.25. The SMILES string of the molecule is COC(=O)c1ccccc1S(=O)(=O)NC(=O)Nc1nc(C)cc(C#N)n1. The van der Waals surface area contributed by atoms with Gasteiger partial charge in [0.2, 0.25) is 5.95 Å². The minimum Gasteiger partial charge on any atom is -0.465 e. The molecule has 0 fully saturated rings. The lowest BCUT2D eigenvalue weighted by molar-refractivity contribution is 0.0596. The topological polar surface area (TPSA) is 151 Å². The normalized spacial score (nSPS) is 10.5. The molecule has 1 heterocycles. The predicted octanol–water partition coefficient (Wildman–Crippen LogP) is 0.954. The second kappa shape index (κ2) is 7.58. The van der Waals surface area contributed by atoms with Gasteiger partial charge in [-0.25, -0.2) is 32.7 Å². The Hall–Kier alpha value is -3.52. The zero-order valence-electron chi connectivity index (χ0n) is 13.7. The van der Waals surface area contributed by atoms with E-state index in [1.807, 2.05) is 0 Å². The van der Waals surface area contributed by atoms with Gasteiger partial charge in [-0.05, 0) is 25.1 Å². The lowest BCUT2D eigenvalue weighted by Gasteiger charge is -2.10. The molecule has 0 radical (unpaired) electrons.